The summed E-state index contributed by atoms with van der Waals surface area (Å²) in [4.78, 5) is 14.0. The molecule has 0 bridgehead atoms. The van der Waals surface area contributed by atoms with Crippen molar-refractivity contribution in [2.45, 2.75) is 12.6 Å². The third-order valence-corrected chi connectivity index (χ3v) is 4.06. The normalized spacial score (nSPS) is 13.6. The molecule has 0 aliphatic carbocycles. The van der Waals surface area contributed by atoms with E-state index in [4.69, 9.17) is 14.2 Å². The number of fused-ring (bicyclic) bond motifs is 1. The minimum absolute atomic E-state index is 0.00113. The predicted molar refractivity (Wildman–Crippen MR) is 93.6 cm³/mol. The summed E-state index contributed by atoms with van der Waals surface area (Å²) in [5, 5.41) is 2.83. The molecule has 0 aromatic heterocycles. The Morgan fingerprint density at radius 2 is 1.92 bits per heavy atom. The molecule has 0 spiro atoms. The topological polar surface area (TPSA) is 60.0 Å². The van der Waals surface area contributed by atoms with Crippen LogP contribution in [0.3, 0.4) is 0 Å². The fourth-order valence-corrected chi connectivity index (χ4v) is 2.67. The van der Waals surface area contributed by atoms with Gasteiger partial charge < -0.3 is 24.4 Å². The zero-order chi connectivity index (χ0) is 17.6. The van der Waals surface area contributed by atoms with E-state index in [0.29, 0.717) is 6.54 Å². The standard InChI is InChI=1S/C19H22N2O4/c1-21(2)16(15-8-9-17-18(10-15)25-13-24-17)11-20-19(22)23-12-14-6-4-3-5-7-14/h3-10,16H,11-13H2,1-2H3,(H,20,22). The third-order valence-electron chi connectivity index (χ3n) is 4.06. The van der Waals surface area contributed by atoms with Crippen molar-refractivity contribution in [1.82, 2.24) is 10.2 Å². The molecule has 0 fully saturated rings. The van der Waals surface area contributed by atoms with Crippen molar-refractivity contribution in [3.63, 3.8) is 0 Å². The average Bonchev–Trinajstić information content (AvgIpc) is 3.08. The number of amides is 1. The maximum atomic E-state index is 12.0. The zero-order valence-corrected chi connectivity index (χ0v) is 14.4. The van der Waals surface area contributed by atoms with Crippen LogP contribution < -0.4 is 14.8 Å². The summed E-state index contributed by atoms with van der Waals surface area (Å²) in [6.07, 6.45) is -0.434. The molecule has 0 saturated carbocycles. The lowest BCUT2D eigenvalue weighted by molar-refractivity contribution is 0.136. The van der Waals surface area contributed by atoms with Crippen molar-refractivity contribution in [2.75, 3.05) is 27.4 Å². The zero-order valence-electron chi connectivity index (χ0n) is 14.4. The van der Waals surface area contributed by atoms with Crippen molar-refractivity contribution in [3.8, 4) is 11.5 Å². The number of carbonyl (C=O) groups is 1. The lowest BCUT2D eigenvalue weighted by atomic mass is 10.1. The molecule has 2 aromatic rings. The Balaban J connectivity index is 1.56. The molecule has 1 unspecified atom stereocenters. The van der Waals surface area contributed by atoms with Gasteiger partial charge in [0.15, 0.2) is 11.5 Å². The minimum Gasteiger partial charge on any atom is -0.454 e. The van der Waals surface area contributed by atoms with Crippen LogP contribution in [0.15, 0.2) is 48.5 Å². The molecule has 1 N–H and O–H groups in total. The van der Waals surface area contributed by atoms with Crippen molar-refractivity contribution in [1.29, 1.82) is 0 Å². The summed E-state index contributed by atoms with van der Waals surface area (Å²) in [7, 11) is 3.93. The van der Waals surface area contributed by atoms with E-state index in [9.17, 15) is 4.79 Å². The highest BCUT2D eigenvalue weighted by Crippen LogP contribution is 2.34. The van der Waals surface area contributed by atoms with Crippen LogP contribution in [0.1, 0.15) is 17.2 Å². The van der Waals surface area contributed by atoms with E-state index in [-0.39, 0.29) is 19.4 Å². The number of nitrogens with one attached hydrogen (secondary N) is 1. The van der Waals surface area contributed by atoms with Gasteiger partial charge in [0.05, 0.1) is 6.04 Å². The molecule has 1 aliphatic heterocycles. The van der Waals surface area contributed by atoms with Gasteiger partial charge in [-0.15, -0.1) is 0 Å². The van der Waals surface area contributed by atoms with Gasteiger partial charge in [-0.05, 0) is 37.4 Å². The highest BCUT2D eigenvalue weighted by atomic mass is 16.7. The number of nitrogens with zero attached hydrogens (tertiary/aromatic N) is 1. The molecule has 1 atom stereocenters. The lowest BCUT2D eigenvalue weighted by Gasteiger charge is -2.25. The van der Waals surface area contributed by atoms with Gasteiger partial charge in [0, 0.05) is 6.54 Å². The van der Waals surface area contributed by atoms with Crippen LogP contribution in [0, 0.1) is 0 Å². The molecule has 1 aliphatic rings. The first-order valence-electron chi connectivity index (χ1n) is 8.14. The number of hydrogen-bond acceptors (Lipinski definition) is 5. The van der Waals surface area contributed by atoms with E-state index in [2.05, 4.69) is 5.32 Å². The van der Waals surface area contributed by atoms with E-state index < -0.39 is 6.09 Å². The van der Waals surface area contributed by atoms with E-state index in [1.165, 1.54) is 0 Å². The van der Waals surface area contributed by atoms with Gasteiger partial charge in [-0.3, -0.25) is 0 Å². The van der Waals surface area contributed by atoms with Crippen LogP contribution in [-0.4, -0.2) is 38.4 Å². The fourth-order valence-electron chi connectivity index (χ4n) is 2.67. The summed E-state index contributed by atoms with van der Waals surface area (Å²) in [5.41, 5.74) is 2.00. The second kappa shape index (κ2) is 7.90. The molecule has 1 heterocycles. The first-order chi connectivity index (χ1) is 12.1. The number of alkyl carbamates (subject to hydrolysis) is 1. The number of likely N-dealkylation sites (N-methyl/N-ethyl adjacent to an activating group) is 1. The first-order valence-corrected chi connectivity index (χ1v) is 8.14. The van der Waals surface area contributed by atoms with Crippen LogP contribution in [0.5, 0.6) is 11.5 Å². The van der Waals surface area contributed by atoms with Gasteiger partial charge >= 0.3 is 6.09 Å². The largest absolute Gasteiger partial charge is 0.454 e. The summed E-state index contributed by atoms with van der Waals surface area (Å²) in [6.45, 7) is 0.930. The molecule has 3 rings (SSSR count). The van der Waals surface area contributed by atoms with Gasteiger partial charge in [-0.2, -0.15) is 0 Å². The summed E-state index contributed by atoms with van der Waals surface area (Å²) < 4.78 is 16.0. The maximum absolute atomic E-state index is 12.0. The minimum atomic E-state index is -0.434. The molecule has 132 valence electrons. The monoisotopic (exact) mass is 342 g/mol. The number of ether oxygens (including phenoxy) is 3. The van der Waals surface area contributed by atoms with Gasteiger partial charge in [0.1, 0.15) is 6.61 Å². The molecule has 6 nitrogen and oxygen atoms in total. The molecule has 6 heteroatoms. The molecular formula is C19H22N2O4. The second-order valence-electron chi connectivity index (χ2n) is 6.03. The van der Waals surface area contributed by atoms with Crippen LogP contribution in [0.4, 0.5) is 4.79 Å². The average molecular weight is 342 g/mol. The lowest BCUT2D eigenvalue weighted by Crippen LogP contribution is -2.34. The summed E-state index contributed by atoms with van der Waals surface area (Å²) in [5.74, 6) is 1.48. The van der Waals surface area contributed by atoms with Crippen LogP contribution >= 0.6 is 0 Å². The Bertz CT molecular complexity index is 719. The van der Waals surface area contributed by atoms with Gasteiger partial charge in [-0.1, -0.05) is 36.4 Å². The molecular weight excluding hydrogens is 320 g/mol. The SMILES string of the molecule is CN(C)C(CNC(=O)OCc1ccccc1)c1ccc2c(c1)OCO2. The molecule has 0 saturated heterocycles. The maximum Gasteiger partial charge on any atom is 0.407 e. The van der Waals surface area contributed by atoms with Crippen molar-refractivity contribution < 1.29 is 19.0 Å². The Morgan fingerprint density at radius 3 is 2.68 bits per heavy atom. The van der Waals surface area contributed by atoms with Gasteiger partial charge in [0.2, 0.25) is 6.79 Å². The van der Waals surface area contributed by atoms with Crippen molar-refractivity contribution in [2.24, 2.45) is 0 Å². The molecule has 1 amide bonds. The summed E-state index contributed by atoms with van der Waals surface area (Å²) >= 11 is 0. The highest BCUT2D eigenvalue weighted by molar-refractivity contribution is 5.67. The Hall–Kier alpha value is -2.73. The van der Waals surface area contributed by atoms with Crippen molar-refractivity contribution >= 4 is 6.09 Å². The number of benzene rings is 2. The smallest absolute Gasteiger partial charge is 0.407 e. The quantitative estimate of drug-likeness (QED) is 0.875. The van der Waals surface area contributed by atoms with Gasteiger partial charge in [-0.25, -0.2) is 4.79 Å². The van der Waals surface area contributed by atoms with Crippen molar-refractivity contribution in [3.05, 3.63) is 59.7 Å². The fraction of sp³-hybridized carbons (Fsp3) is 0.316. The summed E-state index contributed by atoms with van der Waals surface area (Å²) in [6, 6.07) is 15.4. The van der Waals surface area contributed by atoms with Crippen LogP contribution in [0.2, 0.25) is 0 Å². The number of hydrogen-bond donors (Lipinski definition) is 1. The van der Waals surface area contributed by atoms with E-state index in [1.54, 1.807) is 0 Å². The third kappa shape index (κ3) is 4.42. The number of carbonyl (C=O) groups excluding carboxylic acids is 1. The Labute approximate surface area is 147 Å². The van der Waals surface area contributed by atoms with Crippen LogP contribution in [0.25, 0.3) is 0 Å². The van der Waals surface area contributed by atoms with E-state index in [1.807, 2.05) is 67.5 Å². The Morgan fingerprint density at radius 1 is 1.16 bits per heavy atom. The molecule has 25 heavy (non-hydrogen) atoms. The van der Waals surface area contributed by atoms with Crippen LogP contribution in [-0.2, 0) is 11.3 Å². The van der Waals surface area contributed by atoms with E-state index >= 15 is 0 Å². The van der Waals surface area contributed by atoms with Gasteiger partial charge in [0.25, 0.3) is 0 Å². The predicted octanol–water partition coefficient (Wildman–Crippen LogP) is 2.94. The highest BCUT2D eigenvalue weighted by Gasteiger charge is 2.20. The Kier molecular flexibility index (Phi) is 5.40. The second-order valence-corrected chi connectivity index (χ2v) is 6.03. The first kappa shape index (κ1) is 17.1. The molecule has 0 radical (unpaired) electrons. The molecule has 2 aromatic carbocycles. The number of rotatable bonds is 6. The van der Waals surface area contributed by atoms with E-state index in [0.717, 1.165) is 22.6 Å².